The maximum Gasteiger partial charge on any atom is 0.329 e. The van der Waals surface area contributed by atoms with Crippen LogP contribution in [0, 0.1) is 0 Å². The molecule has 0 fully saturated rings. The van der Waals surface area contributed by atoms with E-state index < -0.39 is 7.60 Å². The van der Waals surface area contributed by atoms with Crippen molar-refractivity contribution in [3.05, 3.63) is 83.4 Å². The molecular weight excluding hydrogens is 283 g/mol. The van der Waals surface area contributed by atoms with Crippen molar-refractivity contribution in [2.75, 3.05) is 6.16 Å². The first-order valence-corrected chi connectivity index (χ1v) is 8.63. The molecule has 0 unspecified atom stereocenters. The highest BCUT2D eigenvalue weighted by molar-refractivity contribution is 7.51. The van der Waals surface area contributed by atoms with Gasteiger partial charge < -0.3 is 9.79 Å². The Bertz CT molecular complexity index is 586. The summed E-state index contributed by atoms with van der Waals surface area (Å²) in [5.41, 5.74) is 3.31. The molecule has 0 atom stereocenters. The molecular formula is C17H19O3P. The van der Waals surface area contributed by atoms with Crippen LogP contribution in [0.2, 0.25) is 0 Å². The summed E-state index contributed by atoms with van der Waals surface area (Å²) in [7, 11) is -4.01. The SMILES string of the molecule is O=P(O)(O)CC=C(Cc1ccccc1)Cc1ccccc1. The lowest BCUT2D eigenvalue weighted by Gasteiger charge is -2.09. The Kier molecular flexibility index (Phi) is 5.51. The average Bonchev–Trinajstić information content (AvgIpc) is 2.46. The van der Waals surface area contributed by atoms with Crippen molar-refractivity contribution in [1.29, 1.82) is 0 Å². The van der Waals surface area contributed by atoms with E-state index >= 15 is 0 Å². The summed E-state index contributed by atoms with van der Waals surface area (Å²) in [4.78, 5) is 18.1. The fourth-order valence-electron chi connectivity index (χ4n) is 2.17. The van der Waals surface area contributed by atoms with E-state index in [0.29, 0.717) is 12.8 Å². The lowest BCUT2D eigenvalue weighted by molar-refractivity contribution is 0.377. The number of benzene rings is 2. The highest BCUT2D eigenvalue weighted by atomic mass is 31.2. The Morgan fingerprint density at radius 1 is 0.857 bits per heavy atom. The largest absolute Gasteiger partial charge is 0.329 e. The average molecular weight is 302 g/mol. The smallest absolute Gasteiger partial charge is 0.324 e. The van der Waals surface area contributed by atoms with E-state index in [1.54, 1.807) is 6.08 Å². The minimum Gasteiger partial charge on any atom is -0.324 e. The minimum absolute atomic E-state index is 0.206. The molecule has 110 valence electrons. The van der Waals surface area contributed by atoms with Crippen LogP contribution < -0.4 is 0 Å². The number of hydrogen-bond donors (Lipinski definition) is 2. The quantitative estimate of drug-likeness (QED) is 0.633. The van der Waals surface area contributed by atoms with Gasteiger partial charge in [0.25, 0.3) is 0 Å². The topological polar surface area (TPSA) is 57.5 Å². The summed E-state index contributed by atoms with van der Waals surface area (Å²) >= 11 is 0. The molecule has 0 aliphatic carbocycles. The van der Waals surface area contributed by atoms with Crippen LogP contribution >= 0.6 is 7.60 Å². The maximum atomic E-state index is 11.1. The number of hydrogen-bond acceptors (Lipinski definition) is 1. The van der Waals surface area contributed by atoms with Gasteiger partial charge in [0.1, 0.15) is 0 Å². The molecule has 0 spiro atoms. The van der Waals surface area contributed by atoms with Gasteiger partial charge in [-0.15, -0.1) is 0 Å². The van der Waals surface area contributed by atoms with Gasteiger partial charge in [0.15, 0.2) is 0 Å². The fraction of sp³-hybridized carbons (Fsp3) is 0.176. The molecule has 0 saturated carbocycles. The van der Waals surface area contributed by atoms with Crippen LogP contribution in [0.3, 0.4) is 0 Å². The van der Waals surface area contributed by atoms with Crippen molar-refractivity contribution in [1.82, 2.24) is 0 Å². The van der Waals surface area contributed by atoms with Crippen LogP contribution in [0.15, 0.2) is 72.3 Å². The van der Waals surface area contributed by atoms with Gasteiger partial charge in [-0.1, -0.05) is 72.3 Å². The summed E-state index contributed by atoms with van der Waals surface area (Å²) in [6.07, 6.45) is 2.88. The predicted octanol–water partition coefficient (Wildman–Crippen LogP) is 3.58. The van der Waals surface area contributed by atoms with Crippen LogP contribution in [0.25, 0.3) is 0 Å². The van der Waals surface area contributed by atoms with E-state index in [-0.39, 0.29) is 6.16 Å². The molecule has 2 aromatic carbocycles. The lowest BCUT2D eigenvalue weighted by atomic mass is 9.98. The zero-order valence-corrected chi connectivity index (χ0v) is 12.6. The van der Waals surface area contributed by atoms with Crippen molar-refractivity contribution in [3.8, 4) is 0 Å². The first kappa shape index (κ1) is 15.7. The molecule has 0 aromatic heterocycles. The monoisotopic (exact) mass is 302 g/mol. The second-order valence-electron chi connectivity index (χ2n) is 5.03. The van der Waals surface area contributed by atoms with E-state index in [1.807, 2.05) is 60.7 Å². The Morgan fingerprint density at radius 2 is 1.29 bits per heavy atom. The van der Waals surface area contributed by atoms with Gasteiger partial charge in [0.2, 0.25) is 0 Å². The lowest BCUT2D eigenvalue weighted by Crippen LogP contribution is -1.98. The molecule has 0 saturated heterocycles. The molecule has 0 aliphatic rings. The van der Waals surface area contributed by atoms with Crippen molar-refractivity contribution >= 4 is 7.60 Å². The van der Waals surface area contributed by atoms with Gasteiger partial charge in [-0.2, -0.15) is 0 Å². The molecule has 0 heterocycles. The third-order valence-electron chi connectivity index (χ3n) is 3.17. The van der Waals surface area contributed by atoms with Crippen LogP contribution in [-0.4, -0.2) is 15.9 Å². The third kappa shape index (κ3) is 6.09. The van der Waals surface area contributed by atoms with Gasteiger partial charge in [0.05, 0.1) is 6.16 Å². The summed E-state index contributed by atoms with van der Waals surface area (Å²) in [6, 6.07) is 19.9. The van der Waals surface area contributed by atoms with Crippen LogP contribution in [-0.2, 0) is 17.4 Å². The first-order valence-electron chi connectivity index (χ1n) is 6.83. The molecule has 4 heteroatoms. The predicted molar refractivity (Wildman–Crippen MR) is 85.3 cm³/mol. The molecule has 0 bridgehead atoms. The first-order chi connectivity index (χ1) is 10.0. The molecule has 3 nitrogen and oxygen atoms in total. The zero-order valence-electron chi connectivity index (χ0n) is 11.7. The van der Waals surface area contributed by atoms with Crippen LogP contribution in [0.1, 0.15) is 11.1 Å². The highest BCUT2D eigenvalue weighted by Gasteiger charge is 2.11. The molecule has 2 rings (SSSR count). The maximum absolute atomic E-state index is 11.1. The summed E-state index contributed by atoms with van der Waals surface area (Å²) in [5, 5.41) is 0. The second-order valence-corrected chi connectivity index (χ2v) is 6.73. The molecule has 0 amide bonds. The summed E-state index contributed by atoms with van der Waals surface area (Å²) in [6.45, 7) is 0. The minimum atomic E-state index is -4.01. The Hall–Kier alpha value is -1.67. The third-order valence-corrected chi connectivity index (χ3v) is 3.82. The second kappa shape index (κ2) is 7.37. The fourth-order valence-corrected chi connectivity index (χ4v) is 2.67. The Morgan fingerprint density at radius 3 is 1.67 bits per heavy atom. The summed E-state index contributed by atoms with van der Waals surface area (Å²) in [5.74, 6) is 0. The molecule has 0 aliphatic heterocycles. The van der Waals surface area contributed by atoms with Crippen molar-refractivity contribution in [2.24, 2.45) is 0 Å². The van der Waals surface area contributed by atoms with E-state index in [1.165, 1.54) is 0 Å². The standard InChI is InChI=1S/C17H19O3P/c18-21(19,20)12-11-17(13-15-7-3-1-4-8-15)14-16-9-5-2-6-10-16/h1-11H,12-14H2,(H2,18,19,20). The summed E-state index contributed by atoms with van der Waals surface area (Å²) < 4.78 is 11.1. The van der Waals surface area contributed by atoms with Gasteiger partial charge in [-0.3, -0.25) is 4.57 Å². The highest BCUT2D eigenvalue weighted by Crippen LogP contribution is 2.34. The van der Waals surface area contributed by atoms with E-state index in [4.69, 9.17) is 9.79 Å². The molecule has 2 aromatic rings. The van der Waals surface area contributed by atoms with Crippen LogP contribution in [0.4, 0.5) is 0 Å². The van der Waals surface area contributed by atoms with E-state index in [9.17, 15) is 4.57 Å². The van der Waals surface area contributed by atoms with Gasteiger partial charge in [-0.05, 0) is 24.0 Å². The number of rotatable bonds is 6. The Balaban J connectivity index is 2.16. The van der Waals surface area contributed by atoms with Crippen molar-refractivity contribution in [2.45, 2.75) is 12.8 Å². The van der Waals surface area contributed by atoms with Crippen molar-refractivity contribution < 1.29 is 14.4 Å². The van der Waals surface area contributed by atoms with Crippen LogP contribution in [0.5, 0.6) is 0 Å². The van der Waals surface area contributed by atoms with E-state index in [0.717, 1.165) is 16.7 Å². The van der Waals surface area contributed by atoms with Gasteiger partial charge >= 0.3 is 7.60 Å². The van der Waals surface area contributed by atoms with E-state index in [2.05, 4.69) is 0 Å². The van der Waals surface area contributed by atoms with Gasteiger partial charge in [0, 0.05) is 0 Å². The van der Waals surface area contributed by atoms with Crippen molar-refractivity contribution in [3.63, 3.8) is 0 Å². The Labute approximate surface area is 125 Å². The number of allylic oxidation sites excluding steroid dienone is 2. The normalized spacial score (nSPS) is 11.1. The molecule has 2 N–H and O–H groups in total. The van der Waals surface area contributed by atoms with Gasteiger partial charge in [-0.25, -0.2) is 0 Å². The molecule has 21 heavy (non-hydrogen) atoms. The zero-order chi connectivity index (χ0) is 15.1. The molecule has 0 radical (unpaired) electrons.